The maximum absolute atomic E-state index is 13.0. The largest absolute Gasteiger partial charge is 0.317 e. The van der Waals surface area contributed by atoms with Crippen LogP contribution in [0.15, 0.2) is 48.8 Å². The van der Waals surface area contributed by atoms with Gasteiger partial charge in [-0.1, -0.05) is 18.2 Å². The Kier molecular flexibility index (Phi) is 3.66. The van der Waals surface area contributed by atoms with E-state index in [-0.39, 0.29) is 12.4 Å². The summed E-state index contributed by atoms with van der Waals surface area (Å²) in [5, 5.41) is -1.04. The van der Waals surface area contributed by atoms with Crippen LogP contribution in [0.25, 0.3) is 0 Å². The quantitative estimate of drug-likeness (QED) is 0.863. The van der Waals surface area contributed by atoms with Gasteiger partial charge in [0.1, 0.15) is 11.6 Å². The van der Waals surface area contributed by atoms with Crippen LogP contribution in [0.4, 0.5) is 4.39 Å². The lowest BCUT2D eigenvalue weighted by Gasteiger charge is -2.23. The zero-order valence-electron chi connectivity index (χ0n) is 11.5. The maximum atomic E-state index is 13.0. The zero-order chi connectivity index (χ0) is 15.7. The van der Waals surface area contributed by atoms with Crippen molar-refractivity contribution in [2.24, 2.45) is 0 Å². The van der Waals surface area contributed by atoms with Gasteiger partial charge in [0.2, 0.25) is 5.91 Å². The summed E-state index contributed by atoms with van der Waals surface area (Å²) in [6.45, 7) is 0.109. The Labute approximate surface area is 127 Å². The van der Waals surface area contributed by atoms with E-state index in [4.69, 9.17) is 0 Å². The molecule has 0 N–H and O–H groups in total. The van der Waals surface area contributed by atoms with E-state index in [2.05, 4.69) is 4.98 Å². The highest BCUT2D eigenvalue weighted by molar-refractivity contribution is 7.92. The molecule has 1 aliphatic rings. The maximum Gasteiger partial charge on any atom is 0.239 e. The molecule has 1 atom stereocenters. The van der Waals surface area contributed by atoms with Gasteiger partial charge in [0.05, 0.1) is 0 Å². The Hall–Kier alpha value is -2.28. The van der Waals surface area contributed by atoms with Crippen LogP contribution < -0.4 is 0 Å². The minimum atomic E-state index is -3.60. The van der Waals surface area contributed by atoms with E-state index >= 15 is 0 Å². The summed E-state index contributed by atoms with van der Waals surface area (Å²) in [5.41, 5.74) is 1.12. The van der Waals surface area contributed by atoms with E-state index in [1.165, 1.54) is 41.6 Å². The molecular formula is C15H13FN2O3S. The van der Waals surface area contributed by atoms with Crippen LogP contribution in [0.3, 0.4) is 0 Å². The van der Waals surface area contributed by atoms with E-state index in [0.717, 1.165) is 0 Å². The highest BCUT2D eigenvalue weighted by atomic mass is 32.2. The van der Waals surface area contributed by atoms with Gasteiger partial charge >= 0.3 is 0 Å². The van der Waals surface area contributed by atoms with Crippen molar-refractivity contribution in [1.29, 1.82) is 0 Å². The third kappa shape index (κ3) is 2.71. The molecule has 0 bridgehead atoms. The van der Waals surface area contributed by atoms with Gasteiger partial charge in [-0.3, -0.25) is 9.78 Å². The third-order valence-electron chi connectivity index (χ3n) is 3.50. The molecule has 0 unspecified atom stereocenters. The van der Waals surface area contributed by atoms with E-state index in [9.17, 15) is 17.6 Å². The molecule has 1 aromatic heterocycles. The summed E-state index contributed by atoms with van der Waals surface area (Å²) in [7, 11) is -3.60. The summed E-state index contributed by atoms with van der Waals surface area (Å²) in [6.07, 6.45) is 2.98. The van der Waals surface area contributed by atoms with E-state index in [1.54, 1.807) is 12.1 Å². The Bertz CT molecular complexity index is 791. The Morgan fingerprint density at radius 3 is 2.59 bits per heavy atom. The van der Waals surface area contributed by atoms with Crippen molar-refractivity contribution in [1.82, 2.24) is 9.88 Å². The molecule has 5 nitrogen and oxygen atoms in total. The van der Waals surface area contributed by atoms with Crippen molar-refractivity contribution in [3.8, 4) is 0 Å². The molecule has 0 radical (unpaired) electrons. The van der Waals surface area contributed by atoms with Crippen LogP contribution in [0.2, 0.25) is 0 Å². The van der Waals surface area contributed by atoms with Crippen molar-refractivity contribution < 1.29 is 17.6 Å². The molecule has 2 aromatic rings. The second kappa shape index (κ2) is 5.49. The normalized spacial score (nSPS) is 20.3. The highest BCUT2D eigenvalue weighted by Gasteiger charge is 2.44. The molecule has 1 amide bonds. The number of sulfone groups is 1. The van der Waals surface area contributed by atoms with Crippen LogP contribution in [0.5, 0.6) is 0 Å². The first-order valence-electron chi connectivity index (χ1n) is 6.63. The average molecular weight is 320 g/mol. The SMILES string of the molecule is O=C1CS(=O)(=O)[C@@H](c2cccnc2)N1Cc1ccc(F)cc1. The standard InChI is InChI=1S/C15H13FN2O3S/c16-13-5-3-11(4-6-13)9-18-14(19)10-22(20,21)15(18)12-2-1-7-17-8-12/h1-8,15H,9-10H2/t15-/m0/s1. The van der Waals surface area contributed by atoms with Crippen LogP contribution >= 0.6 is 0 Å². The lowest BCUT2D eigenvalue weighted by atomic mass is 10.2. The van der Waals surface area contributed by atoms with Crippen LogP contribution in [-0.2, 0) is 21.2 Å². The smallest absolute Gasteiger partial charge is 0.239 e. The molecule has 1 fully saturated rings. The number of hydrogen-bond acceptors (Lipinski definition) is 4. The number of hydrogen-bond donors (Lipinski definition) is 0. The number of carbonyl (C=O) groups excluding carboxylic acids is 1. The molecule has 114 valence electrons. The fraction of sp³-hybridized carbons (Fsp3) is 0.200. The monoisotopic (exact) mass is 320 g/mol. The Morgan fingerprint density at radius 1 is 1.23 bits per heavy atom. The van der Waals surface area contributed by atoms with Crippen molar-refractivity contribution >= 4 is 15.7 Å². The van der Waals surface area contributed by atoms with E-state index in [1.807, 2.05) is 0 Å². The minimum absolute atomic E-state index is 0.109. The van der Waals surface area contributed by atoms with Gasteiger partial charge in [-0.15, -0.1) is 0 Å². The number of rotatable bonds is 3. The molecule has 1 aromatic carbocycles. The van der Waals surface area contributed by atoms with Gasteiger partial charge in [-0.05, 0) is 23.8 Å². The summed E-state index contributed by atoms with van der Waals surface area (Å²) in [4.78, 5) is 17.3. The first kappa shape index (κ1) is 14.6. The van der Waals surface area contributed by atoms with Gasteiger partial charge < -0.3 is 4.90 Å². The minimum Gasteiger partial charge on any atom is -0.317 e. The number of benzene rings is 1. The van der Waals surface area contributed by atoms with E-state index in [0.29, 0.717) is 11.1 Å². The fourth-order valence-electron chi connectivity index (χ4n) is 2.53. The summed E-state index contributed by atoms with van der Waals surface area (Å²) in [5.74, 6) is -1.36. The lowest BCUT2D eigenvalue weighted by Crippen LogP contribution is -2.28. The van der Waals surface area contributed by atoms with E-state index < -0.39 is 26.9 Å². The third-order valence-corrected chi connectivity index (χ3v) is 5.36. The average Bonchev–Trinajstić information content (AvgIpc) is 2.71. The number of pyridine rings is 1. The van der Waals surface area contributed by atoms with Crippen molar-refractivity contribution in [3.05, 3.63) is 65.7 Å². The highest BCUT2D eigenvalue weighted by Crippen LogP contribution is 2.34. The molecular weight excluding hydrogens is 307 g/mol. The summed E-state index contributed by atoms with van der Waals surface area (Å²) < 4.78 is 37.5. The summed E-state index contributed by atoms with van der Waals surface area (Å²) in [6, 6.07) is 8.89. The van der Waals surface area contributed by atoms with Crippen LogP contribution in [-0.4, -0.2) is 30.0 Å². The Morgan fingerprint density at radius 2 is 1.95 bits per heavy atom. The fourth-order valence-corrected chi connectivity index (χ4v) is 4.33. The second-order valence-corrected chi connectivity index (χ2v) is 7.15. The molecule has 7 heteroatoms. The molecule has 0 spiro atoms. The number of nitrogens with zero attached hydrogens (tertiary/aromatic N) is 2. The zero-order valence-corrected chi connectivity index (χ0v) is 12.3. The van der Waals surface area contributed by atoms with Gasteiger partial charge in [-0.25, -0.2) is 12.8 Å². The number of amides is 1. The molecule has 0 saturated carbocycles. The Balaban J connectivity index is 1.97. The predicted molar refractivity (Wildman–Crippen MR) is 77.7 cm³/mol. The van der Waals surface area contributed by atoms with Crippen molar-refractivity contribution in [2.75, 3.05) is 5.75 Å². The van der Waals surface area contributed by atoms with Crippen molar-refractivity contribution in [3.63, 3.8) is 0 Å². The first-order chi connectivity index (χ1) is 10.5. The molecule has 1 saturated heterocycles. The summed E-state index contributed by atoms with van der Waals surface area (Å²) >= 11 is 0. The molecule has 1 aliphatic heterocycles. The predicted octanol–water partition coefficient (Wildman–Crippen LogP) is 1.68. The van der Waals surface area contributed by atoms with Gasteiger partial charge in [0.25, 0.3) is 0 Å². The number of carbonyl (C=O) groups is 1. The number of aromatic nitrogens is 1. The molecule has 3 rings (SSSR count). The van der Waals surface area contributed by atoms with Crippen molar-refractivity contribution in [2.45, 2.75) is 11.9 Å². The van der Waals surface area contributed by atoms with Crippen LogP contribution in [0, 0.1) is 5.82 Å². The molecule has 0 aliphatic carbocycles. The number of halogens is 1. The lowest BCUT2D eigenvalue weighted by molar-refractivity contribution is -0.128. The topological polar surface area (TPSA) is 67.3 Å². The second-order valence-electron chi connectivity index (χ2n) is 5.09. The van der Waals surface area contributed by atoms with Gasteiger partial charge in [0, 0.05) is 24.5 Å². The van der Waals surface area contributed by atoms with Gasteiger partial charge in [0.15, 0.2) is 15.2 Å². The van der Waals surface area contributed by atoms with Crippen LogP contribution in [0.1, 0.15) is 16.5 Å². The first-order valence-corrected chi connectivity index (χ1v) is 8.34. The van der Waals surface area contributed by atoms with Gasteiger partial charge in [-0.2, -0.15) is 0 Å². The molecule has 2 heterocycles. The molecule has 22 heavy (non-hydrogen) atoms.